The summed E-state index contributed by atoms with van der Waals surface area (Å²) in [6.07, 6.45) is 5.10. The van der Waals surface area contributed by atoms with Crippen molar-refractivity contribution < 1.29 is 14.0 Å². The lowest BCUT2D eigenvalue weighted by Crippen LogP contribution is -2.30. The Kier molecular flexibility index (Phi) is 7.67. The number of hydrogen-bond acceptors (Lipinski definition) is 4. The number of likely N-dealkylation sites (N-methyl/N-ethyl adjacent to an activating group) is 1. The van der Waals surface area contributed by atoms with Gasteiger partial charge >= 0.3 is 0 Å². The monoisotopic (exact) mass is 389 g/mol. The van der Waals surface area contributed by atoms with Crippen LogP contribution in [0.3, 0.4) is 0 Å². The molecule has 0 atom stereocenters. The van der Waals surface area contributed by atoms with Gasteiger partial charge in [-0.3, -0.25) is 14.5 Å². The molecule has 0 radical (unpaired) electrons. The molecule has 0 saturated heterocycles. The Hall–Kier alpha value is -2.54. The third-order valence-corrected chi connectivity index (χ3v) is 4.83. The van der Waals surface area contributed by atoms with Crippen LogP contribution in [0.5, 0.6) is 0 Å². The van der Waals surface area contributed by atoms with Crippen LogP contribution < -0.4 is 4.90 Å². The fourth-order valence-electron chi connectivity index (χ4n) is 2.53. The van der Waals surface area contributed by atoms with Crippen LogP contribution in [0.15, 0.2) is 35.7 Å². The number of carbonyl (C=O) groups is 2. The molecule has 0 bridgehead atoms. The average molecular weight is 389 g/mol. The SMILES string of the molecule is CCCCN(CC)C(=O)C=Cc1csc(N(C(C)=O)c2ccccc2F)n1. The van der Waals surface area contributed by atoms with Gasteiger partial charge in [-0.15, -0.1) is 11.3 Å². The first-order valence-electron chi connectivity index (χ1n) is 8.95. The standard InChI is InChI=1S/C20H24FN3O2S/c1-4-6-13-23(5-2)19(26)12-11-16-14-27-20(22-16)24(15(3)25)18-10-8-7-9-17(18)21/h7-12,14H,4-6,13H2,1-3H3. The smallest absolute Gasteiger partial charge is 0.246 e. The quantitative estimate of drug-likeness (QED) is 0.619. The molecule has 2 aromatic rings. The summed E-state index contributed by atoms with van der Waals surface area (Å²) in [6.45, 7) is 6.77. The van der Waals surface area contributed by atoms with E-state index in [-0.39, 0.29) is 17.5 Å². The highest BCUT2D eigenvalue weighted by atomic mass is 32.1. The van der Waals surface area contributed by atoms with Crippen LogP contribution in [0.4, 0.5) is 15.2 Å². The minimum atomic E-state index is -0.496. The van der Waals surface area contributed by atoms with Gasteiger partial charge in [0, 0.05) is 31.5 Å². The lowest BCUT2D eigenvalue weighted by Gasteiger charge is -2.18. The second kappa shape index (κ2) is 9.97. The molecule has 27 heavy (non-hydrogen) atoms. The predicted octanol–water partition coefficient (Wildman–Crippen LogP) is 4.63. The van der Waals surface area contributed by atoms with Gasteiger partial charge in [-0.05, 0) is 31.6 Å². The maximum Gasteiger partial charge on any atom is 0.246 e. The molecule has 5 nitrogen and oxygen atoms in total. The Morgan fingerprint density at radius 1 is 1.26 bits per heavy atom. The van der Waals surface area contributed by atoms with Crippen LogP contribution in [-0.4, -0.2) is 34.8 Å². The number of amides is 2. The summed E-state index contributed by atoms with van der Waals surface area (Å²) in [7, 11) is 0. The van der Waals surface area contributed by atoms with Crippen molar-refractivity contribution in [1.82, 2.24) is 9.88 Å². The zero-order valence-electron chi connectivity index (χ0n) is 15.8. The second-order valence-electron chi connectivity index (χ2n) is 5.97. The third-order valence-electron chi connectivity index (χ3n) is 3.98. The van der Waals surface area contributed by atoms with E-state index in [0.29, 0.717) is 17.4 Å². The van der Waals surface area contributed by atoms with Gasteiger partial charge in [0.15, 0.2) is 5.13 Å². The number of benzene rings is 1. The number of unbranched alkanes of at least 4 members (excludes halogenated alkanes) is 1. The Morgan fingerprint density at radius 2 is 2.00 bits per heavy atom. The molecular formula is C20H24FN3O2S. The lowest BCUT2D eigenvalue weighted by atomic mass is 10.3. The number of aromatic nitrogens is 1. The van der Waals surface area contributed by atoms with Crippen molar-refractivity contribution in [2.24, 2.45) is 0 Å². The summed E-state index contributed by atoms with van der Waals surface area (Å²) in [5, 5.41) is 2.09. The van der Waals surface area contributed by atoms with E-state index in [1.165, 1.54) is 41.4 Å². The number of thiazole rings is 1. The predicted molar refractivity (Wildman–Crippen MR) is 108 cm³/mol. The molecular weight excluding hydrogens is 365 g/mol. The van der Waals surface area contributed by atoms with E-state index in [2.05, 4.69) is 11.9 Å². The molecule has 2 rings (SSSR count). The number of nitrogens with zero attached hydrogens (tertiary/aromatic N) is 3. The minimum absolute atomic E-state index is 0.0713. The molecule has 0 aliphatic rings. The van der Waals surface area contributed by atoms with Crippen molar-refractivity contribution in [2.75, 3.05) is 18.0 Å². The Bertz CT molecular complexity index is 819. The van der Waals surface area contributed by atoms with Crippen LogP contribution in [0.25, 0.3) is 6.08 Å². The fraction of sp³-hybridized carbons (Fsp3) is 0.350. The summed E-state index contributed by atoms with van der Waals surface area (Å²) < 4.78 is 14.1. The largest absolute Gasteiger partial charge is 0.339 e. The van der Waals surface area contributed by atoms with E-state index < -0.39 is 5.82 Å². The maximum atomic E-state index is 14.1. The molecule has 0 aliphatic carbocycles. The number of halogens is 1. The Balaban J connectivity index is 2.18. The molecule has 7 heteroatoms. The number of carbonyl (C=O) groups excluding carboxylic acids is 2. The van der Waals surface area contributed by atoms with Crippen LogP contribution in [0, 0.1) is 5.82 Å². The van der Waals surface area contributed by atoms with Gasteiger partial charge in [0.05, 0.1) is 11.4 Å². The minimum Gasteiger partial charge on any atom is -0.339 e. The van der Waals surface area contributed by atoms with Crippen molar-refractivity contribution >= 4 is 40.0 Å². The third kappa shape index (κ3) is 5.47. The molecule has 144 valence electrons. The highest BCUT2D eigenvalue weighted by Gasteiger charge is 2.20. The summed E-state index contributed by atoms with van der Waals surface area (Å²) in [5.74, 6) is -0.902. The van der Waals surface area contributed by atoms with Crippen molar-refractivity contribution in [1.29, 1.82) is 0 Å². The Labute approximate surface area is 163 Å². The van der Waals surface area contributed by atoms with Crippen LogP contribution in [-0.2, 0) is 9.59 Å². The maximum absolute atomic E-state index is 14.1. The van der Waals surface area contributed by atoms with Gasteiger partial charge in [0.25, 0.3) is 0 Å². The number of para-hydroxylation sites is 1. The second-order valence-corrected chi connectivity index (χ2v) is 6.80. The van der Waals surface area contributed by atoms with E-state index >= 15 is 0 Å². The van der Waals surface area contributed by atoms with Crippen molar-refractivity contribution in [2.45, 2.75) is 33.6 Å². The first-order valence-corrected chi connectivity index (χ1v) is 9.83. The zero-order valence-corrected chi connectivity index (χ0v) is 16.6. The topological polar surface area (TPSA) is 53.5 Å². The van der Waals surface area contributed by atoms with E-state index in [9.17, 15) is 14.0 Å². The van der Waals surface area contributed by atoms with E-state index in [4.69, 9.17) is 0 Å². The molecule has 2 amide bonds. The number of rotatable bonds is 8. The average Bonchev–Trinajstić information content (AvgIpc) is 3.10. The summed E-state index contributed by atoms with van der Waals surface area (Å²) in [5.41, 5.74) is 0.708. The summed E-state index contributed by atoms with van der Waals surface area (Å²) >= 11 is 1.22. The number of anilines is 2. The normalized spacial score (nSPS) is 11.0. The van der Waals surface area contributed by atoms with Gasteiger partial charge in [-0.25, -0.2) is 9.37 Å². The molecule has 0 unspecified atom stereocenters. The van der Waals surface area contributed by atoms with Gasteiger partial charge in [-0.2, -0.15) is 0 Å². The molecule has 1 aromatic heterocycles. The van der Waals surface area contributed by atoms with Crippen molar-refractivity contribution in [3.8, 4) is 0 Å². The van der Waals surface area contributed by atoms with Gasteiger partial charge in [0.1, 0.15) is 5.82 Å². The van der Waals surface area contributed by atoms with E-state index in [0.717, 1.165) is 19.4 Å². The van der Waals surface area contributed by atoms with Crippen LogP contribution in [0.1, 0.15) is 39.3 Å². The highest BCUT2D eigenvalue weighted by molar-refractivity contribution is 7.14. The molecule has 0 aliphatic heterocycles. The number of hydrogen-bond donors (Lipinski definition) is 0. The Morgan fingerprint density at radius 3 is 2.63 bits per heavy atom. The van der Waals surface area contributed by atoms with E-state index in [1.807, 2.05) is 6.92 Å². The lowest BCUT2D eigenvalue weighted by molar-refractivity contribution is -0.125. The molecule has 0 saturated carbocycles. The zero-order chi connectivity index (χ0) is 19.8. The molecule has 0 fully saturated rings. The van der Waals surface area contributed by atoms with Gasteiger partial charge in [-0.1, -0.05) is 25.5 Å². The van der Waals surface area contributed by atoms with Crippen LogP contribution >= 0.6 is 11.3 Å². The first-order chi connectivity index (χ1) is 13.0. The summed E-state index contributed by atoms with van der Waals surface area (Å²) in [4.78, 5) is 31.7. The first kappa shape index (κ1) is 20.8. The van der Waals surface area contributed by atoms with Crippen LogP contribution in [0.2, 0.25) is 0 Å². The van der Waals surface area contributed by atoms with Crippen molar-refractivity contribution in [3.05, 3.63) is 47.2 Å². The van der Waals surface area contributed by atoms with Gasteiger partial charge < -0.3 is 4.90 Å². The highest BCUT2D eigenvalue weighted by Crippen LogP contribution is 2.30. The van der Waals surface area contributed by atoms with Crippen molar-refractivity contribution in [3.63, 3.8) is 0 Å². The molecule has 1 aromatic carbocycles. The van der Waals surface area contributed by atoms with E-state index in [1.54, 1.807) is 28.5 Å². The molecule has 0 spiro atoms. The molecule has 1 heterocycles. The van der Waals surface area contributed by atoms with Gasteiger partial charge in [0.2, 0.25) is 11.8 Å². The summed E-state index contributed by atoms with van der Waals surface area (Å²) in [6, 6.07) is 6.06. The fourth-order valence-corrected chi connectivity index (χ4v) is 3.38. The molecule has 0 N–H and O–H groups in total.